The SMILES string of the molecule is O=C(Cl)c1cc2cc(Cl)cc(Cl)c2[nH]1.O=C(Nc1ccc(S(=O)(=O)Nc2nccs2)cc1)c1cc2cc(Cl)cc(Cl)c2[nH]1. The Balaban J connectivity index is 0.000000220. The van der Waals surface area contributed by atoms with Crippen LogP contribution in [-0.4, -0.2) is 34.5 Å². The normalized spacial score (nSPS) is 11.3. The quantitative estimate of drug-likeness (QED) is 0.128. The molecule has 3 aromatic carbocycles. The van der Waals surface area contributed by atoms with Gasteiger partial charge in [-0.3, -0.25) is 14.3 Å². The van der Waals surface area contributed by atoms with Crippen molar-refractivity contribution in [1.82, 2.24) is 15.0 Å². The predicted octanol–water partition coefficient (Wildman–Crippen LogP) is 8.84. The molecule has 0 aliphatic heterocycles. The number of sulfonamides is 1. The summed E-state index contributed by atoms with van der Waals surface area (Å²) < 4.78 is 27.1. The van der Waals surface area contributed by atoms with Gasteiger partial charge in [0.05, 0.1) is 31.7 Å². The van der Waals surface area contributed by atoms with Gasteiger partial charge in [-0.2, -0.15) is 0 Å². The number of fused-ring (bicyclic) bond motifs is 2. The van der Waals surface area contributed by atoms with Crippen LogP contribution in [0, 0.1) is 0 Å². The lowest BCUT2D eigenvalue weighted by Crippen LogP contribution is -2.14. The van der Waals surface area contributed by atoms with E-state index in [1.54, 1.807) is 41.8 Å². The second-order valence-electron chi connectivity index (χ2n) is 8.76. The number of rotatable bonds is 6. The van der Waals surface area contributed by atoms with Crippen LogP contribution in [0.1, 0.15) is 21.0 Å². The Hall–Kier alpha value is -3.29. The van der Waals surface area contributed by atoms with Crippen LogP contribution in [0.4, 0.5) is 10.8 Å². The number of hydrogen-bond acceptors (Lipinski definition) is 6. The van der Waals surface area contributed by atoms with Crippen LogP contribution < -0.4 is 10.0 Å². The number of nitrogens with one attached hydrogen (secondary N) is 4. The molecule has 6 aromatic rings. The Labute approximate surface area is 273 Å². The molecule has 0 saturated carbocycles. The first-order valence-electron chi connectivity index (χ1n) is 11.9. The van der Waals surface area contributed by atoms with E-state index in [0.29, 0.717) is 53.6 Å². The molecular weight excluding hydrogens is 700 g/mol. The number of carbonyl (C=O) groups is 2. The smallest absolute Gasteiger partial charge is 0.272 e. The van der Waals surface area contributed by atoms with Gasteiger partial charge in [0.25, 0.3) is 21.2 Å². The van der Waals surface area contributed by atoms with E-state index in [1.807, 2.05) is 0 Å². The maximum atomic E-state index is 12.5. The van der Waals surface area contributed by atoms with E-state index in [-0.39, 0.29) is 10.0 Å². The predicted molar refractivity (Wildman–Crippen MR) is 174 cm³/mol. The van der Waals surface area contributed by atoms with Gasteiger partial charge >= 0.3 is 0 Å². The topological polar surface area (TPSA) is 137 Å². The maximum absolute atomic E-state index is 12.5. The van der Waals surface area contributed by atoms with Gasteiger partial charge in [-0.25, -0.2) is 13.4 Å². The third kappa shape index (κ3) is 7.27. The van der Waals surface area contributed by atoms with Crippen molar-refractivity contribution in [2.45, 2.75) is 4.90 Å². The number of aromatic amines is 2. The number of hydrogen-bond donors (Lipinski definition) is 4. The first-order valence-corrected chi connectivity index (χ1v) is 16.1. The zero-order valence-corrected chi connectivity index (χ0v) is 26.6. The van der Waals surface area contributed by atoms with E-state index in [4.69, 9.17) is 58.0 Å². The minimum absolute atomic E-state index is 0.0535. The molecule has 0 radical (unpaired) electrons. The van der Waals surface area contributed by atoms with Gasteiger partial charge in [0.1, 0.15) is 5.69 Å². The zero-order valence-electron chi connectivity index (χ0n) is 21.2. The summed E-state index contributed by atoms with van der Waals surface area (Å²) in [4.78, 5) is 33.1. The van der Waals surface area contributed by atoms with Crippen LogP contribution in [0.5, 0.6) is 0 Å². The summed E-state index contributed by atoms with van der Waals surface area (Å²) in [5, 5.41) is 7.46. The van der Waals surface area contributed by atoms with Crippen LogP contribution in [0.3, 0.4) is 0 Å². The molecule has 3 aromatic heterocycles. The van der Waals surface area contributed by atoms with Crippen molar-refractivity contribution in [1.29, 1.82) is 0 Å². The number of benzene rings is 3. The third-order valence-corrected chi connectivity index (χ3v) is 9.23. The Morgan fingerprint density at radius 2 is 1.35 bits per heavy atom. The van der Waals surface area contributed by atoms with Gasteiger partial charge in [-0.1, -0.05) is 46.4 Å². The van der Waals surface area contributed by atoms with Gasteiger partial charge in [0.2, 0.25) is 0 Å². The van der Waals surface area contributed by atoms with Gasteiger partial charge in [0, 0.05) is 38.1 Å². The molecule has 9 nitrogen and oxygen atoms in total. The summed E-state index contributed by atoms with van der Waals surface area (Å²) >= 11 is 30.3. The van der Waals surface area contributed by atoms with Crippen molar-refractivity contribution in [2.75, 3.05) is 10.0 Å². The van der Waals surface area contributed by atoms with Gasteiger partial charge in [-0.05, 0) is 72.3 Å². The minimum atomic E-state index is -3.75. The fourth-order valence-corrected chi connectivity index (χ4v) is 6.93. The van der Waals surface area contributed by atoms with Gasteiger partial charge in [-0.15, -0.1) is 11.3 Å². The lowest BCUT2D eigenvalue weighted by Gasteiger charge is -2.07. The molecule has 0 fully saturated rings. The van der Waals surface area contributed by atoms with Crippen molar-refractivity contribution >= 4 is 123 Å². The number of halogens is 5. The summed E-state index contributed by atoms with van der Waals surface area (Å²) in [5.41, 5.74) is 2.32. The summed E-state index contributed by atoms with van der Waals surface area (Å²) in [6.07, 6.45) is 1.51. The fraction of sp³-hybridized carbons (Fsp3) is 0. The van der Waals surface area contributed by atoms with E-state index < -0.39 is 21.2 Å². The molecule has 1 amide bonds. The Kier molecular flexibility index (Phi) is 9.23. The molecule has 4 N–H and O–H groups in total. The van der Waals surface area contributed by atoms with Crippen LogP contribution in [0.2, 0.25) is 20.1 Å². The van der Waals surface area contributed by atoms with E-state index in [1.165, 1.54) is 41.8 Å². The second-order valence-corrected chi connectivity index (χ2v) is 13.4. The highest BCUT2D eigenvalue weighted by Gasteiger charge is 2.17. The molecule has 43 heavy (non-hydrogen) atoms. The van der Waals surface area contributed by atoms with Gasteiger partial charge in [0.15, 0.2) is 5.13 Å². The largest absolute Gasteiger partial charge is 0.350 e. The minimum Gasteiger partial charge on any atom is -0.350 e. The molecule has 0 aliphatic carbocycles. The number of carbonyl (C=O) groups excluding carboxylic acids is 2. The van der Waals surface area contributed by atoms with Crippen molar-refractivity contribution in [3.63, 3.8) is 0 Å². The number of H-pyrrole nitrogens is 2. The van der Waals surface area contributed by atoms with E-state index in [2.05, 4.69) is 25.0 Å². The Morgan fingerprint density at radius 3 is 1.88 bits per heavy atom. The molecule has 220 valence electrons. The molecule has 0 saturated heterocycles. The highest BCUT2D eigenvalue weighted by molar-refractivity contribution is 7.93. The van der Waals surface area contributed by atoms with Crippen LogP contribution in [-0.2, 0) is 10.0 Å². The van der Waals surface area contributed by atoms with E-state index in [9.17, 15) is 18.0 Å². The average molecular weight is 716 g/mol. The highest BCUT2D eigenvalue weighted by atomic mass is 35.5. The molecule has 16 heteroatoms. The number of aromatic nitrogens is 3. The summed E-state index contributed by atoms with van der Waals surface area (Å²) in [7, 11) is -3.75. The van der Waals surface area contributed by atoms with E-state index >= 15 is 0 Å². The fourth-order valence-electron chi connectivity index (χ4n) is 3.92. The molecular formula is C27H16Cl5N5O4S2. The standard InChI is InChI=1S/C18H12Cl2N4O3S2.C9H4Cl3NO/c19-11-7-10-8-15(23-16(10)14(20)9-11)17(25)22-12-1-3-13(4-2-12)29(26,27)24-18-21-5-6-28-18;10-5-1-4-2-7(9(12)14)13-8(4)6(11)3-5/h1-9,23H,(H,21,24)(H,22,25);1-3,13H. The van der Waals surface area contributed by atoms with Crippen molar-refractivity contribution in [3.8, 4) is 0 Å². The average Bonchev–Trinajstić information content (AvgIpc) is 3.69. The maximum Gasteiger partial charge on any atom is 0.272 e. The Morgan fingerprint density at radius 1 is 0.791 bits per heavy atom. The monoisotopic (exact) mass is 713 g/mol. The molecule has 0 unspecified atom stereocenters. The molecule has 0 bridgehead atoms. The molecule has 0 atom stereocenters. The zero-order chi connectivity index (χ0) is 30.9. The van der Waals surface area contributed by atoms with Crippen LogP contribution >= 0.6 is 69.3 Å². The first kappa shape index (κ1) is 31.1. The number of thiazole rings is 1. The second kappa shape index (κ2) is 12.7. The van der Waals surface area contributed by atoms with Crippen molar-refractivity contribution in [2.24, 2.45) is 0 Å². The lowest BCUT2D eigenvalue weighted by atomic mass is 10.2. The summed E-state index contributed by atoms with van der Waals surface area (Å²) in [6, 6.07) is 15.6. The molecule has 0 aliphatic rings. The van der Waals surface area contributed by atoms with Crippen molar-refractivity contribution < 1.29 is 18.0 Å². The van der Waals surface area contributed by atoms with Gasteiger partial charge < -0.3 is 15.3 Å². The number of amides is 1. The molecule has 0 spiro atoms. The lowest BCUT2D eigenvalue weighted by molar-refractivity contribution is 0.102. The number of nitrogens with zero attached hydrogens (tertiary/aromatic N) is 1. The van der Waals surface area contributed by atoms with Crippen LogP contribution in [0.25, 0.3) is 21.8 Å². The summed E-state index contributed by atoms with van der Waals surface area (Å²) in [6.45, 7) is 0. The van der Waals surface area contributed by atoms with E-state index in [0.717, 1.165) is 5.39 Å². The van der Waals surface area contributed by atoms with Crippen LogP contribution in [0.15, 0.2) is 77.1 Å². The highest BCUT2D eigenvalue weighted by Crippen LogP contribution is 2.29. The Bertz CT molecular complexity index is 2090. The molecule has 6 rings (SSSR count). The first-order chi connectivity index (χ1) is 20.4. The van der Waals surface area contributed by atoms with Crippen molar-refractivity contribution in [3.05, 3.63) is 104 Å². The number of anilines is 2. The molecule has 3 heterocycles. The third-order valence-electron chi connectivity index (χ3n) is 5.82. The summed E-state index contributed by atoms with van der Waals surface area (Å²) in [5.74, 6) is -0.398.